The maximum atomic E-state index is 11.9. The molecule has 3 rings (SSSR count). The predicted octanol–water partition coefficient (Wildman–Crippen LogP) is 1.96. The Morgan fingerprint density at radius 1 is 1.17 bits per heavy atom. The number of amidine groups is 1. The van der Waals surface area contributed by atoms with E-state index in [1.807, 2.05) is 12.1 Å². The number of rotatable bonds is 4. The summed E-state index contributed by atoms with van der Waals surface area (Å²) in [5.74, 6) is 1.23. The molecule has 1 atom stereocenters. The van der Waals surface area contributed by atoms with Gasteiger partial charge in [0.25, 0.3) is 0 Å². The molecule has 7 nitrogen and oxygen atoms in total. The number of carbonyl (C=O) groups is 1. The van der Waals surface area contributed by atoms with Gasteiger partial charge in [0.2, 0.25) is 0 Å². The van der Waals surface area contributed by atoms with Crippen LogP contribution in [0.1, 0.15) is 10.4 Å². The Morgan fingerprint density at radius 3 is 2.58 bits per heavy atom. The van der Waals surface area contributed by atoms with Gasteiger partial charge in [0.05, 0.1) is 12.7 Å². The molecular weight excluding hydrogens is 312 g/mol. The number of hydrogen-bond acceptors (Lipinski definition) is 6. The fraction of sp³-hybridized carbons (Fsp3) is 0.176. The van der Waals surface area contributed by atoms with Gasteiger partial charge in [0, 0.05) is 0 Å². The van der Waals surface area contributed by atoms with E-state index in [4.69, 9.17) is 24.8 Å². The van der Waals surface area contributed by atoms with Gasteiger partial charge >= 0.3 is 5.97 Å². The third-order valence-electron chi connectivity index (χ3n) is 3.40. The molecule has 1 unspecified atom stereocenters. The van der Waals surface area contributed by atoms with Crippen molar-refractivity contribution in [2.75, 3.05) is 13.7 Å². The van der Waals surface area contributed by atoms with Crippen LogP contribution in [-0.2, 0) is 4.84 Å². The van der Waals surface area contributed by atoms with Crippen molar-refractivity contribution in [2.45, 2.75) is 6.10 Å². The Balaban J connectivity index is 1.63. The summed E-state index contributed by atoms with van der Waals surface area (Å²) in [7, 11) is 1.54. The van der Waals surface area contributed by atoms with Gasteiger partial charge in [0.1, 0.15) is 12.4 Å². The standard InChI is InChI=1S/C17H16N2O5/c1-21-12-8-6-11(7-9-12)17(20)24-19-16(18)15-10-22-13-4-2-3-5-14(13)23-15/h2-9,15H,10H2,1H3,(H2,18,19). The molecule has 7 heteroatoms. The summed E-state index contributed by atoms with van der Waals surface area (Å²) in [6.07, 6.45) is -0.622. The van der Waals surface area contributed by atoms with Crippen LogP contribution >= 0.6 is 0 Å². The van der Waals surface area contributed by atoms with E-state index in [-0.39, 0.29) is 12.4 Å². The number of methoxy groups -OCH3 is 1. The molecule has 0 fully saturated rings. The van der Waals surface area contributed by atoms with Gasteiger partial charge < -0.3 is 24.8 Å². The van der Waals surface area contributed by atoms with E-state index in [0.29, 0.717) is 22.8 Å². The zero-order valence-corrected chi connectivity index (χ0v) is 13.0. The summed E-state index contributed by atoms with van der Waals surface area (Å²) < 4.78 is 16.2. The first-order valence-electron chi connectivity index (χ1n) is 7.24. The summed E-state index contributed by atoms with van der Waals surface area (Å²) >= 11 is 0. The van der Waals surface area contributed by atoms with Crippen LogP contribution in [0.5, 0.6) is 17.2 Å². The number of carbonyl (C=O) groups excluding carboxylic acids is 1. The first-order valence-corrected chi connectivity index (χ1v) is 7.24. The Hall–Kier alpha value is -3.22. The Bertz CT molecular complexity index is 758. The first-order chi connectivity index (χ1) is 11.7. The average Bonchev–Trinajstić information content (AvgIpc) is 2.65. The minimum Gasteiger partial charge on any atom is -0.497 e. The van der Waals surface area contributed by atoms with Crippen LogP contribution in [0.25, 0.3) is 0 Å². The van der Waals surface area contributed by atoms with Crippen molar-refractivity contribution in [3.05, 3.63) is 54.1 Å². The van der Waals surface area contributed by atoms with Gasteiger partial charge in [-0.1, -0.05) is 17.3 Å². The molecule has 2 aromatic rings. The summed E-state index contributed by atoms with van der Waals surface area (Å²) in [6, 6.07) is 13.7. The Kier molecular flexibility index (Phi) is 4.51. The second-order valence-corrected chi connectivity index (χ2v) is 4.99. The molecule has 0 aromatic heterocycles. The molecule has 1 aliphatic rings. The van der Waals surface area contributed by atoms with Crippen LogP contribution in [0.3, 0.4) is 0 Å². The highest BCUT2D eigenvalue weighted by Gasteiger charge is 2.24. The van der Waals surface area contributed by atoms with Crippen LogP contribution in [-0.4, -0.2) is 31.6 Å². The molecule has 24 heavy (non-hydrogen) atoms. The van der Waals surface area contributed by atoms with Crippen molar-refractivity contribution in [1.29, 1.82) is 0 Å². The summed E-state index contributed by atoms with van der Waals surface area (Å²) in [4.78, 5) is 16.8. The maximum absolute atomic E-state index is 11.9. The minimum absolute atomic E-state index is 0.0198. The molecule has 2 aromatic carbocycles. The summed E-state index contributed by atoms with van der Waals surface area (Å²) in [6.45, 7) is 0.187. The third kappa shape index (κ3) is 3.40. The van der Waals surface area contributed by atoms with E-state index >= 15 is 0 Å². The lowest BCUT2D eigenvalue weighted by Gasteiger charge is -2.25. The number of oxime groups is 1. The number of ether oxygens (including phenoxy) is 3. The van der Waals surface area contributed by atoms with Crippen LogP contribution < -0.4 is 19.9 Å². The topological polar surface area (TPSA) is 92.4 Å². The second kappa shape index (κ2) is 6.91. The Labute approximate surface area is 138 Å². The van der Waals surface area contributed by atoms with E-state index in [9.17, 15) is 4.79 Å². The van der Waals surface area contributed by atoms with Gasteiger partial charge in [-0.05, 0) is 36.4 Å². The molecule has 0 spiro atoms. The van der Waals surface area contributed by atoms with Crippen LogP contribution in [0, 0.1) is 0 Å². The van der Waals surface area contributed by atoms with Gasteiger partial charge in [-0.3, -0.25) is 0 Å². The average molecular weight is 328 g/mol. The van der Waals surface area contributed by atoms with E-state index < -0.39 is 12.1 Å². The molecule has 0 radical (unpaired) electrons. The quantitative estimate of drug-likeness (QED) is 0.399. The molecule has 0 saturated heterocycles. The van der Waals surface area contributed by atoms with Crippen molar-refractivity contribution in [2.24, 2.45) is 10.9 Å². The number of fused-ring (bicyclic) bond motifs is 1. The SMILES string of the molecule is COc1ccc(C(=O)O/N=C(/N)C2COc3ccccc3O2)cc1. The van der Waals surface area contributed by atoms with Crippen molar-refractivity contribution in [3.8, 4) is 17.2 Å². The van der Waals surface area contributed by atoms with Crippen LogP contribution in [0.15, 0.2) is 53.7 Å². The molecule has 1 aliphatic heterocycles. The van der Waals surface area contributed by atoms with Gasteiger partial charge in [-0.15, -0.1) is 0 Å². The highest BCUT2D eigenvalue weighted by Crippen LogP contribution is 2.30. The fourth-order valence-electron chi connectivity index (χ4n) is 2.10. The molecule has 2 N–H and O–H groups in total. The minimum atomic E-state index is -0.627. The van der Waals surface area contributed by atoms with E-state index in [1.54, 1.807) is 43.5 Å². The number of nitrogens with zero attached hydrogens (tertiary/aromatic N) is 1. The summed E-state index contributed by atoms with van der Waals surface area (Å²) in [5.41, 5.74) is 6.16. The lowest BCUT2D eigenvalue weighted by molar-refractivity contribution is 0.0504. The van der Waals surface area contributed by atoms with E-state index in [2.05, 4.69) is 5.16 Å². The molecule has 0 saturated carbocycles. The molecule has 0 bridgehead atoms. The van der Waals surface area contributed by atoms with Crippen LogP contribution in [0.4, 0.5) is 0 Å². The predicted molar refractivity (Wildman–Crippen MR) is 86.4 cm³/mol. The number of benzene rings is 2. The van der Waals surface area contributed by atoms with E-state index in [0.717, 1.165) is 0 Å². The monoisotopic (exact) mass is 328 g/mol. The summed E-state index contributed by atoms with van der Waals surface area (Å²) in [5, 5.41) is 3.65. The van der Waals surface area contributed by atoms with Gasteiger partial charge in [0.15, 0.2) is 23.4 Å². The zero-order valence-electron chi connectivity index (χ0n) is 13.0. The molecular formula is C17H16N2O5. The van der Waals surface area contributed by atoms with Gasteiger partial charge in [-0.2, -0.15) is 0 Å². The van der Waals surface area contributed by atoms with Crippen molar-refractivity contribution >= 4 is 11.8 Å². The highest BCUT2D eigenvalue weighted by molar-refractivity contribution is 5.91. The number of hydrogen-bond donors (Lipinski definition) is 1. The molecule has 124 valence electrons. The smallest absolute Gasteiger partial charge is 0.365 e. The molecule has 0 aliphatic carbocycles. The lowest BCUT2D eigenvalue weighted by Crippen LogP contribution is -2.41. The zero-order chi connectivity index (χ0) is 16.9. The third-order valence-corrected chi connectivity index (χ3v) is 3.40. The molecule has 0 amide bonds. The number of nitrogens with two attached hydrogens (primary N) is 1. The van der Waals surface area contributed by atoms with Crippen molar-refractivity contribution < 1.29 is 23.8 Å². The maximum Gasteiger partial charge on any atom is 0.365 e. The second-order valence-electron chi connectivity index (χ2n) is 4.99. The lowest BCUT2D eigenvalue weighted by atomic mass is 10.2. The normalized spacial score (nSPS) is 16.4. The largest absolute Gasteiger partial charge is 0.497 e. The van der Waals surface area contributed by atoms with E-state index in [1.165, 1.54) is 0 Å². The van der Waals surface area contributed by atoms with Crippen LogP contribution in [0.2, 0.25) is 0 Å². The van der Waals surface area contributed by atoms with Crippen molar-refractivity contribution in [1.82, 2.24) is 0 Å². The Morgan fingerprint density at radius 2 is 1.88 bits per heavy atom. The van der Waals surface area contributed by atoms with Gasteiger partial charge in [-0.25, -0.2) is 4.79 Å². The number of para-hydroxylation sites is 2. The first kappa shape index (κ1) is 15.7. The molecule has 1 heterocycles. The highest BCUT2D eigenvalue weighted by atomic mass is 16.7. The van der Waals surface area contributed by atoms with Crippen molar-refractivity contribution in [3.63, 3.8) is 0 Å². The fourth-order valence-corrected chi connectivity index (χ4v) is 2.10.